The zero-order valence-electron chi connectivity index (χ0n) is 22.6. The zero-order valence-corrected chi connectivity index (χ0v) is 22.6. The molecule has 3 aromatic rings. The fourth-order valence-corrected chi connectivity index (χ4v) is 4.11. The SMILES string of the molecule is CCOC(=O)Oc1ccc(C(=O)Nc2ccc(CNC(=O)c3ccc4c(c3)C(=O)N(CCCOC)C4=O)cc2)cc1. The van der Waals surface area contributed by atoms with Gasteiger partial charge in [-0.2, -0.15) is 0 Å². The molecule has 0 fully saturated rings. The first-order chi connectivity index (χ1) is 19.8. The van der Waals surface area contributed by atoms with Crippen LogP contribution >= 0.6 is 0 Å². The first-order valence-corrected chi connectivity index (χ1v) is 12.9. The molecule has 0 aliphatic carbocycles. The van der Waals surface area contributed by atoms with E-state index >= 15 is 0 Å². The van der Waals surface area contributed by atoms with Crippen molar-refractivity contribution in [2.45, 2.75) is 19.9 Å². The van der Waals surface area contributed by atoms with Gasteiger partial charge in [0.15, 0.2) is 0 Å². The minimum atomic E-state index is -0.819. The third-order valence-corrected chi connectivity index (χ3v) is 6.21. The Hall–Kier alpha value is -5.03. The Labute approximate surface area is 236 Å². The number of hydrogen-bond acceptors (Lipinski definition) is 8. The summed E-state index contributed by atoms with van der Waals surface area (Å²) in [7, 11) is 1.55. The Kier molecular flexibility index (Phi) is 9.43. The highest BCUT2D eigenvalue weighted by molar-refractivity contribution is 6.22. The molecule has 0 saturated heterocycles. The molecular weight excluding hydrogens is 530 g/mol. The molecule has 212 valence electrons. The van der Waals surface area contributed by atoms with Crippen molar-refractivity contribution in [3.05, 3.63) is 94.5 Å². The Balaban J connectivity index is 1.29. The van der Waals surface area contributed by atoms with Gasteiger partial charge in [0, 0.05) is 43.6 Å². The van der Waals surface area contributed by atoms with Crippen LogP contribution in [0.25, 0.3) is 0 Å². The van der Waals surface area contributed by atoms with E-state index < -0.39 is 18.0 Å². The van der Waals surface area contributed by atoms with Gasteiger partial charge in [-0.15, -0.1) is 0 Å². The van der Waals surface area contributed by atoms with Gasteiger partial charge >= 0.3 is 6.16 Å². The van der Waals surface area contributed by atoms with Crippen molar-refractivity contribution < 1.29 is 38.2 Å². The van der Waals surface area contributed by atoms with Gasteiger partial charge < -0.3 is 24.8 Å². The summed E-state index contributed by atoms with van der Waals surface area (Å²) in [5, 5.41) is 5.58. The van der Waals surface area contributed by atoms with Gasteiger partial charge in [-0.25, -0.2) is 4.79 Å². The quantitative estimate of drug-likeness (QED) is 0.155. The van der Waals surface area contributed by atoms with Gasteiger partial charge in [-0.05, 0) is 73.5 Å². The van der Waals surface area contributed by atoms with Crippen LogP contribution in [0.2, 0.25) is 0 Å². The molecule has 0 aromatic heterocycles. The lowest BCUT2D eigenvalue weighted by atomic mass is 10.1. The third-order valence-electron chi connectivity index (χ3n) is 6.21. The van der Waals surface area contributed by atoms with E-state index in [1.165, 1.54) is 47.4 Å². The highest BCUT2D eigenvalue weighted by Gasteiger charge is 2.35. The highest BCUT2D eigenvalue weighted by atomic mass is 16.7. The van der Waals surface area contributed by atoms with E-state index in [0.717, 1.165) is 5.56 Å². The summed E-state index contributed by atoms with van der Waals surface area (Å²) in [6, 6.07) is 17.4. The van der Waals surface area contributed by atoms with Crippen molar-refractivity contribution in [2.24, 2.45) is 0 Å². The Morgan fingerprint density at radius 1 is 0.829 bits per heavy atom. The molecule has 0 unspecified atom stereocenters. The number of carbonyl (C=O) groups is 5. The molecule has 41 heavy (non-hydrogen) atoms. The number of ether oxygens (including phenoxy) is 3. The van der Waals surface area contributed by atoms with E-state index in [-0.39, 0.29) is 54.0 Å². The summed E-state index contributed by atoms with van der Waals surface area (Å²) in [6.07, 6.45) is -0.292. The number of imide groups is 1. The number of benzene rings is 3. The second kappa shape index (κ2) is 13.4. The minimum Gasteiger partial charge on any atom is -0.434 e. The summed E-state index contributed by atoms with van der Waals surface area (Å²) < 4.78 is 14.7. The Morgan fingerprint density at radius 2 is 1.51 bits per heavy atom. The maximum Gasteiger partial charge on any atom is 0.513 e. The first-order valence-electron chi connectivity index (χ1n) is 12.9. The van der Waals surface area contributed by atoms with Crippen molar-refractivity contribution in [1.82, 2.24) is 10.2 Å². The lowest BCUT2D eigenvalue weighted by molar-refractivity contribution is 0.0637. The van der Waals surface area contributed by atoms with Gasteiger partial charge in [-0.1, -0.05) is 12.1 Å². The minimum absolute atomic E-state index is 0.194. The number of rotatable bonds is 11. The van der Waals surface area contributed by atoms with Crippen molar-refractivity contribution in [1.29, 1.82) is 0 Å². The van der Waals surface area contributed by atoms with Crippen LogP contribution in [0.3, 0.4) is 0 Å². The largest absolute Gasteiger partial charge is 0.513 e. The summed E-state index contributed by atoms with van der Waals surface area (Å²) in [4.78, 5) is 63.1. The second-order valence-electron chi connectivity index (χ2n) is 9.01. The zero-order chi connectivity index (χ0) is 29.4. The van der Waals surface area contributed by atoms with Crippen LogP contribution in [0.15, 0.2) is 66.7 Å². The summed E-state index contributed by atoms with van der Waals surface area (Å²) >= 11 is 0. The molecule has 3 aromatic carbocycles. The lowest BCUT2D eigenvalue weighted by Gasteiger charge is -2.12. The fourth-order valence-electron chi connectivity index (χ4n) is 4.11. The molecule has 11 nitrogen and oxygen atoms in total. The molecule has 4 amide bonds. The molecule has 1 heterocycles. The molecule has 0 atom stereocenters. The molecule has 11 heteroatoms. The number of hydrogen-bond donors (Lipinski definition) is 2. The molecule has 1 aliphatic rings. The fraction of sp³-hybridized carbons (Fsp3) is 0.233. The van der Waals surface area contributed by atoms with Gasteiger partial charge in [0.25, 0.3) is 23.6 Å². The number of nitrogens with zero attached hydrogens (tertiary/aromatic N) is 1. The van der Waals surface area contributed by atoms with E-state index in [0.29, 0.717) is 24.3 Å². The smallest absolute Gasteiger partial charge is 0.434 e. The molecule has 0 radical (unpaired) electrons. The predicted molar refractivity (Wildman–Crippen MR) is 148 cm³/mol. The number of amides is 4. The van der Waals surface area contributed by atoms with Crippen LogP contribution in [-0.4, -0.2) is 61.6 Å². The second-order valence-corrected chi connectivity index (χ2v) is 9.01. The number of nitrogens with one attached hydrogen (secondary N) is 2. The van der Waals surface area contributed by atoms with Gasteiger partial charge in [0.2, 0.25) is 0 Å². The van der Waals surface area contributed by atoms with Crippen LogP contribution in [0, 0.1) is 0 Å². The number of fused-ring (bicyclic) bond motifs is 1. The molecule has 0 saturated carbocycles. The van der Waals surface area contributed by atoms with Crippen molar-refractivity contribution in [3.8, 4) is 5.75 Å². The molecule has 0 bridgehead atoms. The highest BCUT2D eigenvalue weighted by Crippen LogP contribution is 2.24. The standard InChI is InChI=1S/C30H29N3O8/c1-3-40-30(38)41-23-12-7-20(8-13-23)27(35)32-22-10-5-19(6-11-22)18-31-26(34)21-9-14-24-25(17-21)29(37)33(28(24)36)15-4-16-39-2/h5-14,17H,3-4,15-16,18H2,1-2H3,(H,31,34)(H,32,35). The summed E-state index contributed by atoms with van der Waals surface area (Å²) in [5.41, 5.74) is 2.46. The maximum atomic E-state index is 12.8. The van der Waals surface area contributed by atoms with Gasteiger partial charge in [0.05, 0.1) is 17.7 Å². The van der Waals surface area contributed by atoms with Crippen LogP contribution in [-0.2, 0) is 16.0 Å². The molecule has 2 N–H and O–H groups in total. The van der Waals surface area contributed by atoms with E-state index in [9.17, 15) is 24.0 Å². The topological polar surface area (TPSA) is 140 Å². The summed E-state index contributed by atoms with van der Waals surface area (Å²) in [5.74, 6) is -1.28. The molecule has 1 aliphatic heterocycles. The van der Waals surface area contributed by atoms with Gasteiger partial charge in [-0.3, -0.25) is 24.1 Å². The van der Waals surface area contributed by atoms with Crippen molar-refractivity contribution in [2.75, 3.05) is 32.2 Å². The van der Waals surface area contributed by atoms with E-state index in [1.807, 2.05) is 0 Å². The van der Waals surface area contributed by atoms with Crippen molar-refractivity contribution in [3.63, 3.8) is 0 Å². The maximum absolute atomic E-state index is 12.8. The molecule has 0 spiro atoms. The van der Waals surface area contributed by atoms with Crippen molar-refractivity contribution >= 4 is 35.5 Å². The monoisotopic (exact) mass is 559 g/mol. The normalized spacial score (nSPS) is 12.1. The average molecular weight is 560 g/mol. The Morgan fingerprint density at radius 3 is 2.20 bits per heavy atom. The molecule has 4 rings (SSSR count). The summed E-state index contributed by atoms with van der Waals surface area (Å²) in [6.45, 7) is 2.75. The average Bonchev–Trinajstić information content (AvgIpc) is 3.21. The van der Waals surface area contributed by atoms with Crippen LogP contribution in [0.1, 0.15) is 60.3 Å². The van der Waals surface area contributed by atoms with Crippen LogP contribution in [0.4, 0.5) is 10.5 Å². The number of anilines is 1. The number of carbonyl (C=O) groups excluding carboxylic acids is 5. The lowest BCUT2D eigenvalue weighted by Crippen LogP contribution is -2.31. The first kappa shape index (κ1) is 29.0. The van der Waals surface area contributed by atoms with E-state index in [4.69, 9.17) is 14.2 Å². The van der Waals surface area contributed by atoms with E-state index in [1.54, 1.807) is 38.3 Å². The van der Waals surface area contributed by atoms with E-state index in [2.05, 4.69) is 10.6 Å². The van der Waals surface area contributed by atoms with Crippen LogP contribution < -0.4 is 15.4 Å². The third kappa shape index (κ3) is 7.14. The van der Waals surface area contributed by atoms with Crippen LogP contribution in [0.5, 0.6) is 5.75 Å². The number of methoxy groups -OCH3 is 1. The van der Waals surface area contributed by atoms with Gasteiger partial charge in [0.1, 0.15) is 5.75 Å². The Bertz CT molecular complexity index is 1450. The molecular formula is C30H29N3O8. The predicted octanol–water partition coefficient (Wildman–Crippen LogP) is 4.04.